The summed E-state index contributed by atoms with van der Waals surface area (Å²) in [5.41, 5.74) is 1.62. The molecule has 1 aliphatic rings. The Bertz CT molecular complexity index is 231. The minimum absolute atomic E-state index is 0.467. The molecule has 0 aromatic carbocycles. The standard InChI is InChI=1S/C16H32.C2H6/c1-8-16(7)10-9-13(11-16)15(5,6)12-14(2,3)4;1-2/h13H,8-12H2,1-7H3;1-2H3. The predicted molar refractivity (Wildman–Crippen MR) is 84.9 cm³/mol. The molecule has 1 fully saturated rings. The second kappa shape index (κ2) is 6.44. The number of rotatable bonds is 3. The largest absolute Gasteiger partial charge is 0.0683 e. The summed E-state index contributed by atoms with van der Waals surface area (Å²) < 4.78 is 0. The molecule has 0 nitrogen and oxygen atoms in total. The average molecular weight is 255 g/mol. The van der Waals surface area contributed by atoms with Gasteiger partial charge in [0.1, 0.15) is 0 Å². The van der Waals surface area contributed by atoms with Crippen LogP contribution in [0.15, 0.2) is 0 Å². The van der Waals surface area contributed by atoms with Crippen LogP contribution in [0.2, 0.25) is 0 Å². The van der Waals surface area contributed by atoms with Gasteiger partial charge in [0.05, 0.1) is 0 Å². The van der Waals surface area contributed by atoms with Crippen molar-refractivity contribution in [1.29, 1.82) is 0 Å². The van der Waals surface area contributed by atoms with Gasteiger partial charge < -0.3 is 0 Å². The van der Waals surface area contributed by atoms with Crippen molar-refractivity contribution in [2.24, 2.45) is 22.2 Å². The number of hydrogen-bond donors (Lipinski definition) is 0. The summed E-state index contributed by atoms with van der Waals surface area (Å²) in [5.74, 6) is 0.941. The van der Waals surface area contributed by atoms with Gasteiger partial charge in [-0.25, -0.2) is 0 Å². The van der Waals surface area contributed by atoms with Crippen LogP contribution in [0, 0.1) is 22.2 Å². The van der Waals surface area contributed by atoms with E-state index in [-0.39, 0.29) is 0 Å². The van der Waals surface area contributed by atoms with E-state index in [2.05, 4.69) is 48.5 Å². The van der Waals surface area contributed by atoms with E-state index in [4.69, 9.17) is 0 Å². The molecule has 2 atom stereocenters. The molecule has 0 radical (unpaired) electrons. The van der Waals surface area contributed by atoms with Crippen molar-refractivity contribution in [2.45, 2.75) is 94.4 Å². The molecule has 0 N–H and O–H groups in total. The lowest BCUT2D eigenvalue weighted by molar-refractivity contribution is 0.122. The van der Waals surface area contributed by atoms with E-state index in [0.717, 1.165) is 5.92 Å². The average Bonchev–Trinajstić information content (AvgIpc) is 2.62. The lowest BCUT2D eigenvalue weighted by atomic mass is 9.67. The lowest BCUT2D eigenvalue weighted by Gasteiger charge is -2.38. The summed E-state index contributed by atoms with van der Waals surface area (Å²) in [4.78, 5) is 0. The van der Waals surface area contributed by atoms with Crippen LogP contribution >= 0.6 is 0 Å². The molecule has 0 heterocycles. The van der Waals surface area contributed by atoms with Crippen molar-refractivity contribution >= 4 is 0 Å². The van der Waals surface area contributed by atoms with Crippen LogP contribution in [0.25, 0.3) is 0 Å². The highest BCUT2D eigenvalue weighted by Crippen LogP contribution is 2.53. The van der Waals surface area contributed by atoms with Gasteiger partial charge in [0.25, 0.3) is 0 Å². The van der Waals surface area contributed by atoms with E-state index >= 15 is 0 Å². The van der Waals surface area contributed by atoms with Gasteiger partial charge in [0.15, 0.2) is 0 Å². The van der Waals surface area contributed by atoms with Crippen LogP contribution < -0.4 is 0 Å². The van der Waals surface area contributed by atoms with Gasteiger partial charge in [0, 0.05) is 0 Å². The van der Waals surface area contributed by atoms with E-state index in [1.54, 1.807) is 0 Å². The van der Waals surface area contributed by atoms with Gasteiger partial charge in [-0.3, -0.25) is 0 Å². The molecule has 0 amide bonds. The first-order valence-corrected chi connectivity index (χ1v) is 8.08. The highest BCUT2D eigenvalue weighted by atomic mass is 14.5. The van der Waals surface area contributed by atoms with Gasteiger partial charge in [-0.15, -0.1) is 0 Å². The molecule has 0 heteroatoms. The summed E-state index contributed by atoms with van der Waals surface area (Å²) in [6, 6.07) is 0. The fourth-order valence-electron chi connectivity index (χ4n) is 3.82. The Morgan fingerprint density at radius 1 is 1.06 bits per heavy atom. The maximum atomic E-state index is 2.49. The Kier molecular flexibility index (Phi) is 6.44. The van der Waals surface area contributed by atoms with Gasteiger partial charge in [0.2, 0.25) is 0 Å². The zero-order valence-corrected chi connectivity index (χ0v) is 14.6. The van der Waals surface area contributed by atoms with Crippen LogP contribution in [-0.4, -0.2) is 0 Å². The quantitative estimate of drug-likeness (QED) is 0.526. The van der Waals surface area contributed by atoms with Crippen LogP contribution in [0.1, 0.15) is 94.4 Å². The van der Waals surface area contributed by atoms with Gasteiger partial charge in [-0.1, -0.05) is 68.7 Å². The van der Waals surface area contributed by atoms with Crippen molar-refractivity contribution in [2.75, 3.05) is 0 Å². The second-order valence-corrected chi connectivity index (χ2v) is 8.33. The van der Waals surface area contributed by atoms with Crippen LogP contribution in [0.4, 0.5) is 0 Å². The third-order valence-corrected chi connectivity index (χ3v) is 4.78. The maximum absolute atomic E-state index is 2.49. The van der Waals surface area contributed by atoms with Crippen LogP contribution in [0.3, 0.4) is 0 Å². The molecule has 110 valence electrons. The van der Waals surface area contributed by atoms with E-state index in [0.29, 0.717) is 16.2 Å². The molecule has 0 saturated heterocycles. The molecule has 0 aliphatic heterocycles. The van der Waals surface area contributed by atoms with Crippen molar-refractivity contribution < 1.29 is 0 Å². The van der Waals surface area contributed by atoms with Crippen LogP contribution in [0.5, 0.6) is 0 Å². The van der Waals surface area contributed by atoms with Gasteiger partial charge in [-0.2, -0.15) is 0 Å². The smallest absolute Gasteiger partial charge is 0.0321 e. The first kappa shape index (κ1) is 18.0. The van der Waals surface area contributed by atoms with E-state index in [1.807, 2.05) is 13.8 Å². The van der Waals surface area contributed by atoms with Crippen molar-refractivity contribution in [1.82, 2.24) is 0 Å². The zero-order chi connectivity index (χ0) is 14.6. The zero-order valence-electron chi connectivity index (χ0n) is 14.6. The van der Waals surface area contributed by atoms with Crippen LogP contribution in [-0.2, 0) is 0 Å². The molecular weight excluding hydrogens is 216 g/mol. The molecule has 1 rings (SSSR count). The molecule has 1 saturated carbocycles. The summed E-state index contributed by atoms with van der Waals surface area (Å²) >= 11 is 0. The highest BCUT2D eigenvalue weighted by molar-refractivity contribution is 4.92. The summed E-state index contributed by atoms with van der Waals surface area (Å²) in [7, 11) is 0. The van der Waals surface area contributed by atoms with E-state index in [9.17, 15) is 0 Å². The fourth-order valence-corrected chi connectivity index (χ4v) is 3.82. The topological polar surface area (TPSA) is 0 Å². The third-order valence-electron chi connectivity index (χ3n) is 4.78. The predicted octanol–water partition coefficient (Wildman–Crippen LogP) is 6.69. The maximum Gasteiger partial charge on any atom is -0.0321 e. The minimum Gasteiger partial charge on any atom is -0.0683 e. The summed E-state index contributed by atoms with van der Waals surface area (Å²) in [6.45, 7) is 21.0. The summed E-state index contributed by atoms with van der Waals surface area (Å²) in [6.07, 6.45) is 7.06. The Hall–Kier alpha value is 0. The first-order chi connectivity index (χ1) is 8.08. The van der Waals surface area contributed by atoms with Crippen molar-refractivity contribution in [3.63, 3.8) is 0 Å². The molecule has 0 aromatic heterocycles. The van der Waals surface area contributed by atoms with E-state index < -0.39 is 0 Å². The van der Waals surface area contributed by atoms with Crippen molar-refractivity contribution in [3.05, 3.63) is 0 Å². The second-order valence-electron chi connectivity index (χ2n) is 8.33. The normalized spacial score (nSPS) is 28.8. The molecular formula is C18H38. The first-order valence-electron chi connectivity index (χ1n) is 8.08. The van der Waals surface area contributed by atoms with E-state index in [1.165, 1.54) is 32.1 Å². The molecule has 18 heavy (non-hydrogen) atoms. The molecule has 0 aromatic rings. The molecule has 0 spiro atoms. The highest BCUT2D eigenvalue weighted by Gasteiger charge is 2.42. The minimum atomic E-state index is 0.467. The van der Waals surface area contributed by atoms with Gasteiger partial charge in [-0.05, 0) is 47.8 Å². The monoisotopic (exact) mass is 254 g/mol. The number of hydrogen-bond acceptors (Lipinski definition) is 0. The Morgan fingerprint density at radius 3 is 1.89 bits per heavy atom. The van der Waals surface area contributed by atoms with Crippen molar-refractivity contribution in [3.8, 4) is 0 Å². The Labute approximate surface area is 117 Å². The molecule has 1 aliphatic carbocycles. The third kappa shape index (κ3) is 5.33. The Morgan fingerprint density at radius 2 is 1.56 bits per heavy atom. The molecule has 0 bridgehead atoms. The lowest BCUT2D eigenvalue weighted by Crippen LogP contribution is -2.28. The Balaban J connectivity index is 0.00000137. The summed E-state index contributed by atoms with van der Waals surface area (Å²) in [5, 5.41) is 0. The SMILES string of the molecule is CC.CCC1(C)CCC(C(C)(C)CC(C)(C)C)C1. The fraction of sp³-hybridized carbons (Fsp3) is 1.00. The van der Waals surface area contributed by atoms with Gasteiger partial charge >= 0.3 is 0 Å². The molecule has 2 unspecified atom stereocenters.